The van der Waals surface area contributed by atoms with Crippen molar-refractivity contribution in [1.82, 2.24) is 14.8 Å². The van der Waals surface area contributed by atoms with Gasteiger partial charge in [-0.05, 0) is 67.3 Å². The molecule has 25 heavy (non-hydrogen) atoms. The maximum absolute atomic E-state index is 13.3. The van der Waals surface area contributed by atoms with E-state index < -0.39 is 0 Å². The van der Waals surface area contributed by atoms with Crippen LogP contribution in [0.15, 0.2) is 48.5 Å². The maximum Gasteiger partial charge on any atom is 0.226 e. The Labute approximate surface area is 146 Å². The van der Waals surface area contributed by atoms with Gasteiger partial charge in [0, 0.05) is 5.70 Å². The summed E-state index contributed by atoms with van der Waals surface area (Å²) < 4.78 is 15.2. The largest absolute Gasteiger partial charge is 0.324 e. The first kappa shape index (κ1) is 15.6. The number of hydrogen-bond acceptors (Lipinski definition) is 3. The van der Waals surface area contributed by atoms with Crippen molar-refractivity contribution < 1.29 is 4.39 Å². The number of fused-ring (bicyclic) bond motifs is 1. The number of benzene rings is 2. The smallest absolute Gasteiger partial charge is 0.226 e. The number of anilines is 1. The minimum Gasteiger partial charge on any atom is -0.324 e. The van der Waals surface area contributed by atoms with Gasteiger partial charge in [-0.25, -0.2) is 9.07 Å². The third-order valence-electron chi connectivity index (χ3n) is 4.60. The van der Waals surface area contributed by atoms with Crippen LogP contribution in [0, 0.1) is 26.6 Å². The third-order valence-corrected chi connectivity index (χ3v) is 4.60. The molecule has 0 spiro atoms. The molecular formula is C20H19FN4. The molecule has 2 aromatic carbocycles. The van der Waals surface area contributed by atoms with Gasteiger partial charge in [-0.1, -0.05) is 24.3 Å². The summed E-state index contributed by atoms with van der Waals surface area (Å²) >= 11 is 0. The van der Waals surface area contributed by atoms with Crippen LogP contribution in [0.2, 0.25) is 0 Å². The fourth-order valence-electron chi connectivity index (χ4n) is 3.07. The molecule has 1 N–H and O–H groups in total. The zero-order valence-corrected chi connectivity index (χ0v) is 14.4. The van der Waals surface area contributed by atoms with Crippen molar-refractivity contribution >= 4 is 11.6 Å². The predicted octanol–water partition coefficient (Wildman–Crippen LogP) is 4.40. The number of aryl methyl sites for hydroxylation is 3. The van der Waals surface area contributed by atoms with Crippen molar-refractivity contribution in [3.05, 3.63) is 82.4 Å². The number of allylic oxidation sites excluding steroid dienone is 1. The summed E-state index contributed by atoms with van der Waals surface area (Å²) in [7, 11) is 0. The minimum atomic E-state index is -0.244. The molecule has 0 fully saturated rings. The highest BCUT2D eigenvalue weighted by atomic mass is 19.1. The lowest BCUT2D eigenvalue weighted by atomic mass is 9.99. The first-order valence-corrected chi connectivity index (χ1v) is 8.26. The van der Waals surface area contributed by atoms with Crippen molar-refractivity contribution in [1.29, 1.82) is 0 Å². The number of aromatic nitrogens is 3. The van der Waals surface area contributed by atoms with E-state index in [-0.39, 0.29) is 11.9 Å². The van der Waals surface area contributed by atoms with Gasteiger partial charge in [-0.2, -0.15) is 10.1 Å². The first-order valence-electron chi connectivity index (χ1n) is 8.26. The van der Waals surface area contributed by atoms with Gasteiger partial charge in [0.25, 0.3) is 0 Å². The van der Waals surface area contributed by atoms with Crippen LogP contribution >= 0.6 is 0 Å². The highest BCUT2D eigenvalue weighted by molar-refractivity contribution is 5.77. The molecule has 0 radical (unpaired) electrons. The van der Waals surface area contributed by atoms with Gasteiger partial charge in [0.05, 0.1) is 0 Å². The van der Waals surface area contributed by atoms with E-state index in [2.05, 4.69) is 53.5 Å². The Kier molecular flexibility index (Phi) is 3.64. The van der Waals surface area contributed by atoms with Crippen molar-refractivity contribution in [2.45, 2.75) is 26.8 Å². The third kappa shape index (κ3) is 2.82. The molecule has 1 aromatic heterocycles. The lowest BCUT2D eigenvalue weighted by Crippen LogP contribution is -2.20. The summed E-state index contributed by atoms with van der Waals surface area (Å²) in [6, 6.07) is 12.8. The maximum atomic E-state index is 13.3. The standard InChI is InChI=1S/C20H19FN4/c1-12-4-5-16(10-13(12)2)18-11-19(15-6-8-17(21)9-7-15)25-20(23-18)22-14(3)24-25/h4-11,19H,1-3H3,(H,22,23,24). The normalized spacial score (nSPS) is 16.2. The molecule has 4 rings (SSSR count). The number of nitrogens with zero attached hydrogens (tertiary/aromatic N) is 3. The average molecular weight is 334 g/mol. The zero-order chi connectivity index (χ0) is 17.6. The van der Waals surface area contributed by atoms with Gasteiger partial charge >= 0.3 is 0 Å². The molecule has 1 unspecified atom stereocenters. The molecule has 0 saturated heterocycles. The Hall–Kier alpha value is -2.95. The second-order valence-electron chi connectivity index (χ2n) is 6.43. The molecule has 126 valence electrons. The second-order valence-corrected chi connectivity index (χ2v) is 6.43. The molecule has 1 atom stereocenters. The van der Waals surface area contributed by atoms with E-state index in [9.17, 15) is 4.39 Å². The Morgan fingerprint density at radius 2 is 1.76 bits per heavy atom. The molecule has 4 nitrogen and oxygen atoms in total. The average Bonchev–Trinajstić information content (AvgIpc) is 2.97. The number of nitrogens with one attached hydrogen (secondary N) is 1. The van der Waals surface area contributed by atoms with Crippen molar-refractivity contribution in [3.8, 4) is 0 Å². The quantitative estimate of drug-likeness (QED) is 0.755. The summed E-state index contributed by atoms with van der Waals surface area (Å²) in [6.07, 6.45) is 2.11. The molecule has 1 aliphatic rings. The van der Waals surface area contributed by atoms with E-state index in [1.807, 2.05) is 11.6 Å². The van der Waals surface area contributed by atoms with Gasteiger partial charge in [0.1, 0.15) is 17.7 Å². The van der Waals surface area contributed by atoms with E-state index in [1.165, 1.54) is 23.3 Å². The first-order chi connectivity index (χ1) is 12.0. The van der Waals surface area contributed by atoms with Crippen LogP contribution in [-0.2, 0) is 0 Å². The SMILES string of the molecule is Cc1nc2n(n1)C(c1ccc(F)cc1)C=C(c1ccc(C)c(C)c1)N2. The van der Waals surface area contributed by atoms with Crippen LogP contribution in [0.3, 0.4) is 0 Å². The van der Waals surface area contributed by atoms with Crippen LogP contribution in [0.5, 0.6) is 0 Å². The van der Waals surface area contributed by atoms with E-state index >= 15 is 0 Å². The van der Waals surface area contributed by atoms with Crippen molar-refractivity contribution in [2.75, 3.05) is 5.32 Å². The molecule has 0 bridgehead atoms. The van der Waals surface area contributed by atoms with Gasteiger partial charge in [-0.15, -0.1) is 0 Å². The van der Waals surface area contributed by atoms with E-state index in [1.54, 1.807) is 12.1 Å². The Bertz CT molecular complexity index is 970. The van der Waals surface area contributed by atoms with Crippen LogP contribution in [-0.4, -0.2) is 14.8 Å². The van der Waals surface area contributed by atoms with Crippen LogP contribution in [0.1, 0.15) is 34.1 Å². The summed E-state index contributed by atoms with van der Waals surface area (Å²) in [5, 5.41) is 7.86. The van der Waals surface area contributed by atoms with Crippen LogP contribution in [0.4, 0.5) is 10.3 Å². The van der Waals surface area contributed by atoms with Gasteiger partial charge < -0.3 is 5.32 Å². The molecule has 2 heterocycles. The Morgan fingerprint density at radius 1 is 1.00 bits per heavy atom. The fourth-order valence-corrected chi connectivity index (χ4v) is 3.07. The molecule has 5 heteroatoms. The zero-order valence-electron chi connectivity index (χ0n) is 14.4. The number of hydrogen-bond donors (Lipinski definition) is 1. The van der Waals surface area contributed by atoms with Crippen molar-refractivity contribution in [3.63, 3.8) is 0 Å². The van der Waals surface area contributed by atoms with Gasteiger partial charge in [0.15, 0.2) is 0 Å². The Balaban J connectivity index is 1.83. The van der Waals surface area contributed by atoms with E-state index in [0.29, 0.717) is 11.8 Å². The summed E-state index contributed by atoms with van der Waals surface area (Å²) in [6.45, 7) is 6.07. The monoisotopic (exact) mass is 334 g/mol. The van der Waals surface area contributed by atoms with Crippen LogP contribution < -0.4 is 5.32 Å². The highest BCUT2D eigenvalue weighted by Gasteiger charge is 2.24. The molecule has 1 aliphatic heterocycles. The number of halogens is 1. The number of rotatable bonds is 2. The lowest BCUT2D eigenvalue weighted by Gasteiger charge is -2.24. The molecule has 0 saturated carbocycles. The lowest BCUT2D eigenvalue weighted by molar-refractivity contribution is 0.600. The molecular weight excluding hydrogens is 315 g/mol. The summed E-state index contributed by atoms with van der Waals surface area (Å²) in [5.74, 6) is 1.15. The summed E-state index contributed by atoms with van der Waals surface area (Å²) in [5.41, 5.74) is 5.55. The fraction of sp³-hybridized carbons (Fsp3) is 0.200. The predicted molar refractivity (Wildman–Crippen MR) is 96.8 cm³/mol. The topological polar surface area (TPSA) is 42.7 Å². The van der Waals surface area contributed by atoms with Crippen LogP contribution in [0.25, 0.3) is 5.70 Å². The second kappa shape index (κ2) is 5.84. The van der Waals surface area contributed by atoms with E-state index in [0.717, 1.165) is 16.8 Å². The summed E-state index contributed by atoms with van der Waals surface area (Å²) in [4.78, 5) is 4.49. The highest BCUT2D eigenvalue weighted by Crippen LogP contribution is 2.32. The molecule has 0 amide bonds. The molecule has 0 aliphatic carbocycles. The van der Waals surface area contributed by atoms with E-state index in [4.69, 9.17) is 0 Å². The minimum absolute atomic E-state index is 0.130. The Morgan fingerprint density at radius 3 is 2.48 bits per heavy atom. The van der Waals surface area contributed by atoms with Gasteiger partial charge in [0.2, 0.25) is 5.95 Å². The van der Waals surface area contributed by atoms with Crippen molar-refractivity contribution in [2.24, 2.45) is 0 Å². The molecule has 3 aromatic rings. The van der Waals surface area contributed by atoms with Gasteiger partial charge in [-0.3, -0.25) is 0 Å².